The van der Waals surface area contributed by atoms with Crippen LogP contribution in [0.2, 0.25) is 0 Å². The van der Waals surface area contributed by atoms with Crippen molar-refractivity contribution in [3.63, 3.8) is 0 Å². The molecule has 1 saturated heterocycles. The molecule has 70 valence electrons. The topological polar surface area (TPSA) is 27.1 Å². The van der Waals surface area contributed by atoms with E-state index in [0.717, 1.165) is 18.8 Å². The van der Waals surface area contributed by atoms with Crippen molar-refractivity contribution < 1.29 is 0 Å². The Hall–Kier alpha value is -0.180. The minimum atomic E-state index is 0.606. The van der Waals surface area contributed by atoms with Gasteiger partial charge in [-0.15, -0.1) is 0 Å². The second-order valence-corrected chi connectivity index (χ2v) is 4.17. The van der Waals surface area contributed by atoms with E-state index in [4.69, 9.17) is 5.41 Å². The van der Waals surface area contributed by atoms with E-state index in [-0.39, 0.29) is 0 Å². The second kappa shape index (κ2) is 4.75. The Morgan fingerprint density at radius 2 is 2.42 bits per heavy atom. The molecule has 0 bridgehead atoms. The van der Waals surface area contributed by atoms with Crippen LogP contribution in [0.3, 0.4) is 0 Å². The zero-order valence-corrected chi connectivity index (χ0v) is 8.78. The van der Waals surface area contributed by atoms with Crippen LogP contribution in [0.1, 0.15) is 26.2 Å². The highest BCUT2D eigenvalue weighted by atomic mass is 32.2. The quantitative estimate of drug-likeness (QED) is 0.728. The van der Waals surface area contributed by atoms with E-state index < -0.39 is 0 Å². The van der Waals surface area contributed by atoms with Crippen LogP contribution in [-0.2, 0) is 0 Å². The zero-order valence-electron chi connectivity index (χ0n) is 7.97. The summed E-state index contributed by atoms with van der Waals surface area (Å²) in [6.45, 7) is 3.32. The lowest BCUT2D eigenvalue weighted by molar-refractivity contribution is 0.350. The molecule has 0 radical (unpaired) electrons. The Morgan fingerprint density at radius 1 is 1.67 bits per heavy atom. The predicted octanol–water partition coefficient (Wildman–Crippen LogP) is 2.20. The van der Waals surface area contributed by atoms with Gasteiger partial charge >= 0.3 is 0 Å². The van der Waals surface area contributed by atoms with E-state index in [0.29, 0.717) is 6.04 Å². The Labute approximate surface area is 79.2 Å². The minimum Gasteiger partial charge on any atom is -0.357 e. The Kier molecular flexibility index (Phi) is 3.92. The van der Waals surface area contributed by atoms with E-state index >= 15 is 0 Å². The summed E-state index contributed by atoms with van der Waals surface area (Å²) in [5.41, 5.74) is 0. The maximum atomic E-state index is 7.73. The van der Waals surface area contributed by atoms with Crippen LogP contribution in [-0.4, -0.2) is 35.3 Å². The lowest BCUT2D eigenvalue weighted by Gasteiger charge is -2.27. The highest BCUT2D eigenvalue weighted by Gasteiger charge is 2.23. The van der Waals surface area contributed by atoms with Crippen LogP contribution < -0.4 is 0 Å². The fourth-order valence-electron chi connectivity index (χ4n) is 1.72. The number of amidine groups is 1. The molecule has 1 atom stereocenters. The summed E-state index contributed by atoms with van der Waals surface area (Å²) in [6, 6.07) is 0.606. The number of nitrogens with one attached hydrogen (secondary N) is 1. The molecule has 1 fully saturated rings. The number of rotatable bonds is 4. The molecular weight excluding hydrogens is 168 g/mol. The molecule has 0 aliphatic carbocycles. The fourth-order valence-corrected chi connectivity index (χ4v) is 2.52. The van der Waals surface area contributed by atoms with Gasteiger partial charge in [0.1, 0.15) is 0 Å². The van der Waals surface area contributed by atoms with Gasteiger partial charge in [0.25, 0.3) is 0 Å². The second-order valence-electron chi connectivity index (χ2n) is 3.26. The van der Waals surface area contributed by atoms with Crippen LogP contribution >= 0.6 is 11.8 Å². The third-order valence-corrected chi connectivity index (χ3v) is 3.15. The summed E-state index contributed by atoms with van der Waals surface area (Å²) in [4.78, 5) is 2.27. The summed E-state index contributed by atoms with van der Waals surface area (Å²) < 4.78 is 0. The molecule has 1 N–H and O–H groups in total. The van der Waals surface area contributed by atoms with E-state index in [2.05, 4.69) is 18.1 Å². The van der Waals surface area contributed by atoms with Gasteiger partial charge in [-0.05, 0) is 19.1 Å². The molecule has 0 aromatic carbocycles. The first-order valence-corrected chi connectivity index (χ1v) is 6.02. The first-order chi connectivity index (χ1) is 5.79. The number of thioether (sulfide) groups is 1. The molecule has 0 spiro atoms. The molecule has 0 saturated carbocycles. The van der Waals surface area contributed by atoms with Crippen LogP contribution in [0, 0.1) is 5.41 Å². The molecule has 1 unspecified atom stereocenters. The van der Waals surface area contributed by atoms with Crippen molar-refractivity contribution in [3.05, 3.63) is 0 Å². The van der Waals surface area contributed by atoms with E-state index in [1.807, 2.05) is 11.8 Å². The predicted molar refractivity (Wildman–Crippen MR) is 56.1 cm³/mol. The van der Waals surface area contributed by atoms with Crippen molar-refractivity contribution in [3.8, 4) is 0 Å². The molecule has 1 aliphatic heterocycles. The minimum absolute atomic E-state index is 0.606. The van der Waals surface area contributed by atoms with E-state index in [1.54, 1.807) is 0 Å². The van der Waals surface area contributed by atoms with Crippen molar-refractivity contribution in [1.82, 2.24) is 4.90 Å². The molecular formula is C9H18N2S. The summed E-state index contributed by atoms with van der Waals surface area (Å²) in [5.74, 6) is 2.02. The number of hydrogen-bond acceptors (Lipinski definition) is 2. The van der Waals surface area contributed by atoms with Crippen LogP contribution in [0.25, 0.3) is 0 Å². The van der Waals surface area contributed by atoms with Gasteiger partial charge in [0.15, 0.2) is 0 Å². The van der Waals surface area contributed by atoms with Gasteiger partial charge in [0.05, 0.1) is 5.84 Å². The Balaban J connectivity index is 2.46. The normalized spacial score (nSPS) is 20.2. The van der Waals surface area contributed by atoms with Gasteiger partial charge in [-0.1, -0.05) is 6.92 Å². The maximum absolute atomic E-state index is 7.73. The standard InChI is InChI=1S/C9H18N2S/c1-3-8(7-12-2)11-6-4-5-9(11)10/h8,10H,3-7H2,1-2H3. The van der Waals surface area contributed by atoms with Crippen molar-refractivity contribution in [2.24, 2.45) is 0 Å². The van der Waals surface area contributed by atoms with Gasteiger partial charge in [-0.3, -0.25) is 5.41 Å². The molecule has 0 amide bonds. The van der Waals surface area contributed by atoms with Crippen molar-refractivity contribution in [1.29, 1.82) is 5.41 Å². The first-order valence-electron chi connectivity index (χ1n) is 4.62. The van der Waals surface area contributed by atoms with Crippen molar-refractivity contribution >= 4 is 17.6 Å². The number of likely N-dealkylation sites (tertiary alicyclic amines) is 1. The van der Waals surface area contributed by atoms with Gasteiger partial charge in [-0.2, -0.15) is 11.8 Å². The number of nitrogens with zero attached hydrogens (tertiary/aromatic N) is 1. The third-order valence-electron chi connectivity index (χ3n) is 2.43. The fraction of sp³-hybridized carbons (Fsp3) is 0.889. The summed E-state index contributed by atoms with van der Waals surface area (Å²) >= 11 is 1.88. The van der Waals surface area contributed by atoms with Crippen molar-refractivity contribution in [2.75, 3.05) is 18.6 Å². The first kappa shape index (κ1) is 9.90. The molecule has 1 rings (SSSR count). The lowest BCUT2D eigenvalue weighted by atomic mass is 10.2. The molecule has 0 aromatic rings. The Morgan fingerprint density at radius 3 is 2.83 bits per heavy atom. The van der Waals surface area contributed by atoms with Gasteiger partial charge in [-0.25, -0.2) is 0 Å². The van der Waals surface area contributed by atoms with Crippen LogP contribution in [0.5, 0.6) is 0 Å². The molecule has 1 aliphatic rings. The average molecular weight is 186 g/mol. The molecule has 1 heterocycles. The Bertz CT molecular complexity index is 159. The monoisotopic (exact) mass is 186 g/mol. The molecule has 2 nitrogen and oxygen atoms in total. The molecule has 12 heavy (non-hydrogen) atoms. The van der Waals surface area contributed by atoms with Crippen molar-refractivity contribution in [2.45, 2.75) is 32.2 Å². The van der Waals surface area contributed by atoms with E-state index in [9.17, 15) is 0 Å². The maximum Gasteiger partial charge on any atom is 0.0961 e. The van der Waals surface area contributed by atoms with E-state index in [1.165, 1.54) is 18.6 Å². The van der Waals surface area contributed by atoms with Gasteiger partial charge < -0.3 is 4.90 Å². The van der Waals surface area contributed by atoms with Crippen LogP contribution in [0.4, 0.5) is 0 Å². The smallest absolute Gasteiger partial charge is 0.0961 e. The average Bonchev–Trinajstić information content (AvgIpc) is 2.47. The SMILES string of the molecule is CCC(CSC)N1CCCC1=N. The summed E-state index contributed by atoms with van der Waals surface area (Å²) in [6.07, 6.45) is 5.49. The summed E-state index contributed by atoms with van der Waals surface area (Å²) in [7, 11) is 0. The highest BCUT2D eigenvalue weighted by molar-refractivity contribution is 7.98. The zero-order chi connectivity index (χ0) is 8.97. The molecule has 3 heteroatoms. The van der Waals surface area contributed by atoms with Gasteiger partial charge in [0.2, 0.25) is 0 Å². The highest BCUT2D eigenvalue weighted by Crippen LogP contribution is 2.18. The van der Waals surface area contributed by atoms with Crippen LogP contribution in [0.15, 0.2) is 0 Å². The molecule has 0 aromatic heterocycles. The number of hydrogen-bond donors (Lipinski definition) is 1. The third kappa shape index (κ3) is 2.16. The van der Waals surface area contributed by atoms with Gasteiger partial charge in [0, 0.05) is 24.8 Å². The summed E-state index contributed by atoms with van der Waals surface area (Å²) in [5, 5.41) is 7.73. The largest absolute Gasteiger partial charge is 0.357 e. The lowest BCUT2D eigenvalue weighted by Crippen LogP contribution is -2.37.